The zero-order valence-electron chi connectivity index (χ0n) is 17.2. The number of carboxylic acids is 1. The highest BCUT2D eigenvalue weighted by Crippen LogP contribution is 2.30. The number of ether oxygens (including phenoxy) is 1. The lowest BCUT2D eigenvalue weighted by molar-refractivity contribution is -0.131. The molecule has 0 aliphatic heterocycles. The molecule has 164 valence electrons. The molecular weight excluding hydrogens is 447 g/mol. The Kier molecular flexibility index (Phi) is 8.51. The van der Waals surface area contributed by atoms with Crippen LogP contribution in [-0.2, 0) is 24.4 Å². The summed E-state index contributed by atoms with van der Waals surface area (Å²) in [6.45, 7) is 0.0149. The number of aliphatic hydroxyl groups excluding tert-OH is 1. The molecule has 0 saturated carbocycles. The fraction of sp³-hybridized carbons (Fsp3) is 0.115. The van der Waals surface area contributed by atoms with Crippen LogP contribution in [-0.4, -0.2) is 16.2 Å². The summed E-state index contributed by atoms with van der Waals surface area (Å²) in [5.41, 5.74) is 3.95. The van der Waals surface area contributed by atoms with Gasteiger partial charge in [0.2, 0.25) is 0 Å². The molecule has 0 heterocycles. The average Bonchev–Trinajstić information content (AvgIpc) is 2.78. The first-order valence-electron chi connectivity index (χ1n) is 9.93. The number of benzene rings is 3. The van der Waals surface area contributed by atoms with Crippen molar-refractivity contribution in [1.82, 2.24) is 0 Å². The molecule has 0 fully saturated rings. The number of hydrogen-bond acceptors (Lipinski definition) is 3. The summed E-state index contributed by atoms with van der Waals surface area (Å²) in [5, 5.41) is 19.7. The second kappa shape index (κ2) is 11.5. The van der Waals surface area contributed by atoms with E-state index in [2.05, 4.69) is 0 Å². The van der Waals surface area contributed by atoms with Gasteiger partial charge in [-0.15, -0.1) is 0 Å². The molecule has 0 saturated heterocycles. The summed E-state index contributed by atoms with van der Waals surface area (Å²) in [4.78, 5) is 10.8. The number of aliphatic carboxylic acids is 1. The van der Waals surface area contributed by atoms with Gasteiger partial charge in [0.1, 0.15) is 12.4 Å². The molecule has 0 aliphatic carbocycles. The second-order valence-corrected chi connectivity index (χ2v) is 7.77. The fourth-order valence-electron chi connectivity index (χ4n) is 3.21. The van der Waals surface area contributed by atoms with E-state index in [0.717, 1.165) is 22.8 Å². The molecular formula is C26H22Cl2O4. The Morgan fingerprint density at radius 3 is 2.16 bits per heavy atom. The van der Waals surface area contributed by atoms with Crippen molar-refractivity contribution in [1.29, 1.82) is 0 Å². The molecule has 2 N–H and O–H groups in total. The average molecular weight is 469 g/mol. The van der Waals surface area contributed by atoms with Crippen molar-refractivity contribution in [2.75, 3.05) is 0 Å². The third kappa shape index (κ3) is 6.24. The van der Waals surface area contributed by atoms with Crippen LogP contribution < -0.4 is 4.74 Å². The second-order valence-electron chi connectivity index (χ2n) is 6.96. The lowest BCUT2D eigenvalue weighted by Gasteiger charge is -2.15. The number of aliphatic hydroxyl groups is 1. The van der Waals surface area contributed by atoms with Gasteiger partial charge in [-0.05, 0) is 41.3 Å². The number of carboxylic acid groups (broad SMARTS) is 1. The largest absolute Gasteiger partial charge is 0.488 e. The summed E-state index contributed by atoms with van der Waals surface area (Å²) >= 11 is 12.5. The van der Waals surface area contributed by atoms with Gasteiger partial charge in [0.15, 0.2) is 0 Å². The van der Waals surface area contributed by atoms with Gasteiger partial charge in [0.05, 0.1) is 6.61 Å². The predicted molar refractivity (Wildman–Crippen MR) is 129 cm³/mol. The van der Waals surface area contributed by atoms with Crippen LogP contribution >= 0.6 is 23.2 Å². The summed E-state index contributed by atoms with van der Waals surface area (Å²) in [6, 6.07) is 18.4. The normalized spacial score (nSPS) is 11.3. The maximum Gasteiger partial charge on any atom is 0.328 e. The monoisotopic (exact) mass is 468 g/mol. The first-order valence-corrected chi connectivity index (χ1v) is 10.7. The Hall–Kier alpha value is -3.05. The minimum Gasteiger partial charge on any atom is -0.488 e. The zero-order valence-corrected chi connectivity index (χ0v) is 18.7. The van der Waals surface area contributed by atoms with Gasteiger partial charge in [-0.25, -0.2) is 4.79 Å². The lowest BCUT2D eigenvalue weighted by Crippen LogP contribution is -2.03. The molecule has 3 rings (SSSR count). The van der Waals surface area contributed by atoms with Gasteiger partial charge >= 0.3 is 5.97 Å². The third-order valence-electron chi connectivity index (χ3n) is 4.81. The molecule has 0 bridgehead atoms. The van der Waals surface area contributed by atoms with E-state index >= 15 is 0 Å². The van der Waals surface area contributed by atoms with Crippen molar-refractivity contribution in [2.45, 2.75) is 19.6 Å². The van der Waals surface area contributed by atoms with Crippen LogP contribution in [0.25, 0.3) is 12.2 Å². The number of para-hydroxylation sites is 1. The van der Waals surface area contributed by atoms with E-state index < -0.39 is 5.97 Å². The molecule has 0 spiro atoms. The van der Waals surface area contributed by atoms with Crippen molar-refractivity contribution in [3.05, 3.63) is 111 Å². The van der Waals surface area contributed by atoms with E-state index in [9.17, 15) is 9.90 Å². The van der Waals surface area contributed by atoms with E-state index in [0.29, 0.717) is 33.3 Å². The fourth-order valence-corrected chi connectivity index (χ4v) is 3.72. The highest BCUT2D eigenvalue weighted by atomic mass is 35.5. The molecule has 0 aliphatic rings. The topological polar surface area (TPSA) is 66.8 Å². The molecule has 32 heavy (non-hydrogen) atoms. The number of carbonyl (C=O) groups is 1. The van der Waals surface area contributed by atoms with Crippen molar-refractivity contribution in [3.8, 4) is 5.75 Å². The maximum absolute atomic E-state index is 10.8. The van der Waals surface area contributed by atoms with Gasteiger partial charge in [0, 0.05) is 27.2 Å². The molecule has 4 nitrogen and oxygen atoms in total. The maximum atomic E-state index is 10.8. The van der Waals surface area contributed by atoms with E-state index in [1.54, 1.807) is 24.3 Å². The molecule has 0 unspecified atom stereocenters. The number of hydrogen-bond donors (Lipinski definition) is 2. The lowest BCUT2D eigenvalue weighted by atomic mass is 10.0. The Balaban J connectivity index is 1.82. The van der Waals surface area contributed by atoms with Gasteiger partial charge in [0.25, 0.3) is 0 Å². The molecule has 6 heteroatoms. The van der Waals surface area contributed by atoms with E-state index in [1.807, 2.05) is 54.6 Å². The van der Waals surface area contributed by atoms with Crippen LogP contribution in [0.1, 0.15) is 27.8 Å². The Morgan fingerprint density at radius 2 is 1.50 bits per heavy atom. The number of rotatable bonds is 9. The first-order chi connectivity index (χ1) is 15.5. The smallest absolute Gasteiger partial charge is 0.328 e. The van der Waals surface area contributed by atoms with Gasteiger partial charge in [-0.2, -0.15) is 0 Å². The zero-order chi connectivity index (χ0) is 22.9. The highest BCUT2D eigenvalue weighted by molar-refractivity contribution is 6.35. The van der Waals surface area contributed by atoms with Crippen LogP contribution in [0, 0.1) is 0 Å². The van der Waals surface area contributed by atoms with Gasteiger partial charge < -0.3 is 14.9 Å². The van der Waals surface area contributed by atoms with Crippen molar-refractivity contribution in [3.63, 3.8) is 0 Å². The quantitative estimate of drug-likeness (QED) is 0.355. The predicted octanol–water partition coefficient (Wildman–Crippen LogP) is 6.42. The van der Waals surface area contributed by atoms with Crippen LogP contribution in [0.15, 0.2) is 72.8 Å². The SMILES string of the molecule is O=C(O)/C=C/c1ccccc1/C=C/Cc1cccc(CO)c1OCc1c(Cl)cccc1Cl. The standard InChI is InChI=1S/C26H22Cl2O4/c27-23-12-5-13-24(28)22(23)17-32-26-20(10-4-11-21(26)16-29)9-3-8-18-6-1-2-7-19(18)14-15-25(30)31/h1-8,10-15,29H,9,16-17H2,(H,30,31)/b8-3+,15-14+. The van der Waals surface area contributed by atoms with Crippen LogP contribution in [0.2, 0.25) is 10.0 Å². The molecule has 0 radical (unpaired) electrons. The first kappa shape index (κ1) is 23.6. The summed E-state index contributed by atoms with van der Waals surface area (Å²) < 4.78 is 6.06. The Bertz CT molecular complexity index is 1130. The van der Waals surface area contributed by atoms with Crippen molar-refractivity contribution in [2.24, 2.45) is 0 Å². The minimum absolute atomic E-state index is 0.161. The summed E-state index contributed by atoms with van der Waals surface area (Å²) in [7, 11) is 0. The Labute approximate surface area is 197 Å². The number of halogens is 2. The van der Waals surface area contributed by atoms with Crippen LogP contribution in [0.3, 0.4) is 0 Å². The van der Waals surface area contributed by atoms with Crippen molar-refractivity contribution < 1.29 is 19.7 Å². The molecule has 0 atom stereocenters. The van der Waals surface area contributed by atoms with Gasteiger partial charge in [-0.1, -0.05) is 83.9 Å². The summed E-state index contributed by atoms with van der Waals surface area (Å²) in [5.74, 6) is -0.403. The third-order valence-corrected chi connectivity index (χ3v) is 5.52. The minimum atomic E-state index is -0.995. The van der Waals surface area contributed by atoms with Crippen LogP contribution in [0.5, 0.6) is 5.75 Å². The van der Waals surface area contributed by atoms with Crippen molar-refractivity contribution >= 4 is 41.3 Å². The molecule has 3 aromatic rings. The number of allylic oxidation sites excluding steroid dienone is 1. The Morgan fingerprint density at radius 1 is 0.875 bits per heavy atom. The van der Waals surface area contributed by atoms with E-state index in [1.165, 1.54) is 0 Å². The van der Waals surface area contributed by atoms with Crippen LogP contribution in [0.4, 0.5) is 0 Å². The van der Waals surface area contributed by atoms with E-state index in [-0.39, 0.29) is 13.2 Å². The van der Waals surface area contributed by atoms with Gasteiger partial charge in [-0.3, -0.25) is 0 Å². The molecule has 3 aromatic carbocycles. The van der Waals surface area contributed by atoms with E-state index in [4.69, 9.17) is 33.0 Å². The highest BCUT2D eigenvalue weighted by Gasteiger charge is 2.12. The molecule has 0 amide bonds. The molecule has 0 aromatic heterocycles. The summed E-state index contributed by atoms with van der Waals surface area (Å²) in [6.07, 6.45) is 7.14.